The highest BCUT2D eigenvalue weighted by Gasteiger charge is 2.32. The second-order valence-corrected chi connectivity index (χ2v) is 5.22. The zero-order chi connectivity index (χ0) is 12.6. The molecule has 1 aliphatic rings. The lowest BCUT2D eigenvalue weighted by atomic mass is 10.1. The van der Waals surface area contributed by atoms with Crippen LogP contribution in [0.5, 0.6) is 0 Å². The number of carbonyl (C=O) groups is 1. The van der Waals surface area contributed by atoms with Gasteiger partial charge < -0.3 is 0 Å². The van der Waals surface area contributed by atoms with Crippen LogP contribution in [-0.2, 0) is 4.79 Å². The Bertz CT molecular complexity index is 427. The van der Waals surface area contributed by atoms with Gasteiger partial charge in [0.05, 0.1) is 5.69 Å². The molecule has 1 aliphatic heterocycles. The fraction of sp³-hybridized carbons (Fsp3) is 0.667. The number of halogens is 1. The van der Waals surface area contributed by atoms with Gasteiger partial charge in [-0.25, -0.2) is 4.68 Å². The van der Waals surface area contributed by atoms with Crippen LogP contribution in [0.1, 0.15) is 32.0 Å². The van der Waals surface area contributed by atoms with E-state index in [4.69, 9.17) is 11.6 Å². The molecule has 1 unspecified atom stereocenters. The molecule has 1 saturated heterocycles. The number of aromatic nitrogens is 2. The third-order valence-electron chi connectivity index (χ3n) is 3.03. The molecule has 1 aromatic rings. The normalized spacial score (nSPS) is 20.6. The number of rotatable bonds is 3. The molecular weight excluding hydrogens is 238 g/mol. The zero-order valence-corrected chi connectivity index (χ0v) is 11.2. The first kappa shape index (κ1) is 12.4. The molecule has 0 spiro atoms. The summed E-state index contributed by atoms with van der Waals surface area (Å²) in [6, 6.07) is 2.22. The number of hydrogen-bond acceptors (Lipinski definition) is 2. The van der Waals surface area contributed by atoms with Gasteiger partial charge >= 0.3 is 0 Å². The number of anilines is 1. The Morgan fingerprint density at radius 1 is 1.59 bits per heavy atom. The molecule has 1 fully saturated rings. The molecule has 2 rings (SSSR count). The molecule has 0 bridgehead atoms. The quantitative estimate of drug-likeness (QED) is 0.778. The van der Waals surface area contributed by atoms with Gasteiger partial charge in [-0.1, -0.05) is 0 Å². The number of aryl methyl sites for hydroxylation is 1. The van der Waals surface area contributed by atoms with Crippen LogP contribution in [0.4, 0.5) is 5.82 Å². The Balaban J connectivity index is 2.31. The molecule has 0 aromatic carbocycles. The monoisotopic (exact) mass is 255 g/mol. The molecule has 1 amide bonds. The van der Waals surface area contributed by atoms with Gasteiger partial charge in [0.2, 0.25) is 5.91 Å². The fourth-order valence-electron chi connectivity index (χ4n) is 2.19. The van der Waals surface area contributed by atoms with E-state index in [0.717, 1.165) is 11.5 Å². The van der Waals surface area contributed by atoms with E-state index in [-0.39, 0.29) is 17.9 Å². The van der Waals surface area contributed by atoms with Crippen molar-refractivity contribution < 1.29 is 4.79 Å². The average Bonchev–Trinajstić information content (AvgIpc) is 2.81. The highest BCUT2D eigenvalue weighted by Crippen LogP contribution is 2.28. The van der Waals surface area contributed by atoms with Crippen LogP contribution in [-0.4, -0.2) is 28.1 Å². The van der Waals surface area contributed by atoms with E-state index in [1.807, 2.05) is 22.6 Å². The SMILES string of the molecule is Cc1cc(N2CC(CCl)CC2=O)n(C(C)C)n1. The summed E-state index contributed by atoms with van der Waals surface area (Å²) in [5.74, 6) is 1.85. The van der Waals surface area contributed by atoms with E-state index in [2.05, 4.69) is 18.9 Å². The van der Waals surface area contributed by atoms with E-state index < -0.39 is 0 Å². The topological polar surface area (TPSA) is 38.1 Å². The van der Waals surface area contributed by atoms with Crippen molar-refractivity contribution >= 4 is 23.3 Å². The standard InChI is InChI=1S/C12H18ClN3O/c1-8(2)16-11(4-9(3)14-16)15-7-10(6-13)5-12(15)17/h4,8,10H,5-7H2,1-3H3. The van der Waals surface area contributed by atoms with Crippen LogP contribution in [0, 0.1) is 12.8 Å². The summed E-state index contributed by atoms with van der Waals surface area (Å²) >= 11 is 5.83. The lowest BCUT2D eigenvalue weighted by Gasteiger charge is -2.19. The Morgan fingerprint density at radius 2 is 2.29 bits per heavy atom. The molecule has 0 radical (unpaired) electrons. The van der Waals surface area contributed by atoms with E-state index >= 15 is 0 Å². The van der Waals surface area contributed by atoms with E-state index in [9.17, 15) is 4.79 Å². The van der Waals surface area contributed by atoms with Crippen molar-refractivity contribution in [3.63, 3.8) is 0 Å². The fourth-order valence-corrected chi connectivity index (χ4v) is 2.40. The smallest absolute Gasteiger partial charge is 0.228 e. The van der Waals surface area contributed by atoms with E-state index in [0.29, 0.717) is 18.8 Å². The van der Waals surface area contributed by atoms with Crippen LogP contribution < -0.4 is 4.90 Å². The van der Waals surface area contributed by atoms with Crippen molar-refractivity contribution in [3.8, 4) is 0 Å². The Morgan fingerprint density at radius 3 is 2.82 bits per heavy atom. The predicted molar refractivity (Wildman–Crippen MR) is 68.5 cm³/mol. The molecule has 1 aromatic heterocycles. The second kappa shape index (κ2) is 4.69. The summed E-state index contributed by atoms with van der Waals surface area (Å²) in [5, 5.41) is 4.43. The minimum atomic E-state index is 0.150. The van der Waals surface area contributed by atoms with E-state index in [1.165, 1.54) is 0 Å². The molecule has 0 saturated carbocycles. The van der Waals surface area contributed by atoms with Gasteiger partial charge in [-0.05, 0) is 26.7 Å². The van der Waals surface area contributed by atoms with Crippen molar-refractivity contribution in [2.75, 3.05) is 17.3 Å². The maximum absolute atomic E-state index is 12.0. The molecule has 17 heavy (non-hydrogen) atoms. The van der Waals surface area contributed by atoms with Gasteiger partial charge in [-0.2, -0.15) is 5.10 Å². The van der Waals surface area contributed by atoms with Crippen molar-refractivity contribution in [3.05, 3.63) is 11.8 Å². The summed E-state index contributed by atoms with van der Waals surface area (Å²) in [7, 11) is 0. The van der Waals surface area contributed by atoms with Crippen molar-refractivity contribution in [1.29, 1.82) is 0 Å². The van der Waals surface area contributed by atoms with Crippen molar-refractivity contribution in [1.82, 2.24) is 9.78 Å². The minimum Gasteiger partial charge on any atom is -0.297 e. The van der Waals surface area contributed by atoms with Gasteiger partial charge in [-0.3, -0.25) is 9.69 Å². The van der Waals surface area contributed by atoms with Crippen molar-refractivity contribution in [2.45, 2.75) is 33.2 Å². The van der Waals surface area contributed by atoms with Gasteiger partial charge in [0.25, 0.3) is 0 Å². The van der Waals surface area contributed by atoms with Crippen LogP contribution in [0.3, 0.4) is 0 Å². The number of amides is 1. The van der Waals surface area contributed by atoms with Crippen molar-refractivity contribution in [2.24, 2.45) is 5.92 Å². The number of alkyl halides is 1. The summed E-state index contributed by atoms with van der Waals surface area (Å²) in [4.78, 5) is 13.8. The highest BCUT2D eigenvalue weighted by atomic mass is 35.5. The molecular formula is C12H18ClN3O. The van der Waals surface area contributed by atoms with Gasteiger partial charge in [0, 0.05) is 31.0 Å². The number of hydrogen-bond donors (Lipinski definition) is 0. The Labute approximate surface area is 107 Å². The summed E-state index contributed by atoms with van der Waals surface area (Å²) in [6.07, 6.45) is 0.547. The number of nitrogens with zero attached hydrogens (tertiary/aromatic N) is 3. The summed E-state index contributed by atoms with van der Waals surface area (Å²) in [6.45, 7) is 6.78. The Hall–Kier alpha value is -1.03. The van der Waals surface area contributed by atoms with Crippen LogP contribution in [0.2, 0.25) is 0 Å². The Kier molecular flexibility index (Phi) is 3.43. The predicted octanol–water partition coefficient (Wildman–Crippen LogP) is 2.36. The first-order valence-corrected chi connectivity index (χ1v) is 6.49. The molecule has 0 aliphatic carbocycles. The first-order valence-electron chi connectivity index (χ1n) is 5.95. The molecule has 2 heterocycles. The molecule has 5 heteroatoms. The minimum absolute atomic E-state index is 0.150. The van der Waals surface area contributed by atoms with Gasteiger partial charge in [0.15, 0.2) is 0 Å². The van der Waals surface area contributed by atoms with Gasteiger partial charge in [0.1, 0.15) is 5.82 Å². The number of carbonyl (C=O) groups excluding carboxylic acids is 1. The molecule has 0 N–H and O–H groups in total. The largest absolute Gasteiger partial charge is 0.297 e. The first-order chi connectivity index (χ1) is 8.02. The van der Waals surface area contributed by atoms with E-state index in [1.54, 1.807) is 0 Å². The van der Waals surface area contributed by atoms with Crippen LogP contribution >= 0.6 is 11.6 Å². The second-order valence-electron chi connectivity index (χ2n) is 4.91. The zero-order valence-electron chi connectivity index (χ0n) is 10.5. The summed E-state index contributed by atoms with van der Waals surface area (Å²) in [5.41, 5.74) is 0.941. The third kappa shape index (κ3) is 2.32. The lowest BCUT2D eigenvalue weighted by molar-refractivity contribution is -0.117. The maximum atomic E-state index is 12.0. The third-order valence-corrected chi connectivity index (χ3v) is 3.46. The maximum Gasteiger partial charge on any atom is 0.228 e. The molecule has 1 atom stereocenters. The molecule has 4 nitrogen and oxygen atoms in total. The van der Waals surface area contributed by atoms with Crippen LogP contribution in [0.15, 0.2) is 6.07 Å². The molecule has 94 valence electrons. The highest BCUT2D eigenvalue weighted by molar-refractivity contribution is 6.18. The summed E-state index contributed by atoms with van der Waals surface area (Å²) < 4.78 is 1.91. The van der Waals surface area contributed by atoms with Crippen LogP contribution in [0.25, 0.3) is 0 Å². The lowest BCUT2D eigenvalue weighted by Crippen LogP contribution is -2.28. The average molecular weight is 256 g/mol. The van der Waals surface area contributed by atoms with Gasteiger partial charge in [-0.15, -0.1) is 11.6 Å².